The second kappa shape index (κ2) is 3.26. The van der Waals surface area contributed by atoms with Gasteiger partial charge in [-0.3, -0.25) is 0 Å². The zero-order valence-corrected chi connectivity index (χ0v) is 8.64. The van der Waals surface area contributed by atoms with E-state index < -0.39 is 42.2 Å². The van der Waals surface area contributed by atoms with Gasteiger partial charge in [0.05, 0.1) is 5.41 Å². The Bertz CT molecular complexity index is 277. The highest BCUT2D eigenvalue weighted by Gasteiger charge is 2.79. The van der Waals surface area contributed by atoms with E-state index in [1.807, 2.05) is 0 Å². The van der Waals surface area contributed by atoms with Crippen LogP contribution in [0.1, 0.15) is 26.7 Å². The van der Waals surface area contributed by atoms with Crippen LogP contribution in [0, 0.1) is 5.41 Å². The van der Waals surface area contributed by atoms with Crippen LogP contribution < -0.4 is 0 Å². The Morgan fingerprint density at radius 2 is 1.25 bits per heavy atom. The maximum atomic E-state index is 13.3. The van der Waals surface area contributed by atoms with Crippen LogP contribution in [0.2, 0.25) is 0 Å². The molecule has 0 aromatic rings. The lowest BCUT2D eigenvalue weighted by Crippen LogP contribution is -2.67. The third-order valence-corrected chi connectivity index (χ3v) is 3.36. The van der Waals surface area contributed by atoms with Crippen molar-refractivity contribution in [2.45, 2.75) is 50.6 Å². The summed E-state index contributed by atoms with van der Waals surface area (Å²) < 4.78 is 91.1. The van der Waals surface area contributed by atoms with Crippen LogP contribution in [0.15, 0.2) is 0 Å². The maximum absolute atomic E-state index is 13.3. The minimum atomic E-state index is -5.09. The van der Waals surface area contributed by atoms with Crippen LogP contribution in [0.5, 0.6) is 0 Å². The lowest BCUT2D eigenvalue weighted by atomic mass is 9.66. The highest BCUT2D eigenvalue weighted by atomic mass is 19.3. The lowest BCUT2D eigenvalue weighted by Gasteiger charge is -2.49. The molecular formula is C9H11F7. The fraction of sp³-hybridized carbons (Fsp3) is 1.00. The molecular weight excluding hydrogens is 241 g/mol. The Kier molecular flexibility index (Phi) is 2.76. The average molecular weight is 252 g/mol. The molecule has 0 nitrogen and oxygen atoms in total. The first-order chi connectivity index (χ1) is 6.90. The number of alkyl halides is 7. The molecule has 1 fully saturated rings. The summed E-state index contributed by atoms with van der Waals surface area (Å²) in [4.78, 5) is 0. The van der Waals surface area contributed by atoms with Crippen molar-refractivity contribution in [1.29, 1.82) is 0 Å². The predicted octanol–water partition coefficient (Wildman–Crippen LogP) is 4.05. The van der Waals surface area contributed by atoms with Crippen LogP contribution in [0.25, 0.3) is 0 Å². The number of hydrogen-bond acceptors (Lipinski definition) is 0. The van der Waals surface area contributed by atoms with Gasteiger partial charge in [-0.2, -0.15) is 17.6 Å². The Hall–Kier alpha value is -0.490. The Balaban J connectivity index is 3.27. The van der Waals surface area contributed by atoms with Crippen LogP contribution in [0.3, 0.4) is 0 Å². The van der Waals surface area contributed by atoms with Gasteiger partial charge in [0, 0.05) is 0 Å². The highest BCUT2D eigenvalue weighted by Crippen LogP contribution is 2.62. The molecule has 0 spiro atoms. The minimum absolute atomic E-state index is 0.311. The van der Waals surface area contributed by atoms with E-state index in [0.29, 0.717) is 13.8 Å². The third-order valence-electron chi connectivity index (χ3n) is 3.36. The quantitative estimate of drug-likeness (QED) is 0.617. The number of rotatable bonds is 1. The largest absolute Gasteiger partial charge is 0.343 e. The summed E-state index contributed by atoms with van der Waals surface area (Å²) in [6.45, 7) is 0.673. The first-order valence-electron chi connectivity index (χ1n) is 4.63. The molecule has 0 aromatic heterocycles. The van der Waals surface area contributed by atoms with Gasteiger partial charge in [-0.1, -0.05) is 0 Å². The minimum Gasteiger partial charge on any atom is -0.237 e. The second-order valence-electron chi connectivity index (χ2n) is 4.56. The van der Waals surface area contributed by atoms with Crippen molar-refractivity contribution in [3.8, 4) is 0 Å². The topological polar surface area (TPSA) is 0 Å². The standard InChI is InChI=1S/C9H11F7/c1-6(5(10)11)3-4-7(2,12)9(15,16)8(6,13)14/h5H,3-4H2,1-2H3. The van der Waals surface area contributed by atoms with Crippen molar-refractivity contribution in [3.05, 3.63) is 0 Å². The van der Waals surface area contributed by atoms with Gasteiger partial charge in [0.2, 0.25) is 6.43 Å². The summed E-state index contributed by atoms with van der Waals surface area (Å²) in [7, 11) is 0. The van der Waals surface area contributed by atoms with Crippen molar-refractivity contribution in [3.63, 3.8) is 0 Å². The van der Waals surface area contributed by atoms with E-state index >= 15 is 0 Å². The molecule has 2 atom stereocenters. The second-order valence-corrected chi connectivity index (χ2v) is 4.56. The van der Waals surface area contributed by atoms with Crippen molar-refractivity contribution < 1.29 is 30.7 Å². The molecule has 0 heterocycles. The maximum Gasteiger partial charge on any atom is 0.343 e. The molecule has 2 unspecified atom stereocenters. The van der Waals surface area contributed by atoms with Gasteiger partial charge in [-0.05, 0) is 26.7 Å². The van der Waals surface area contributed by atoms with Gasteiger partial charge in [-0.15, -0.1) is 0 Å². The fourth-order valence-electron chi connectivity index (χ4n) is 1.74. The third kappa shape index (κ3) is 1.35. The molecule has 0 amide bonds. The first-order valence-corrected chi connectivity index (χ1v) is 4.63. The molecule has 1 aliphatic carbocycles. The molecule has 0 aliphatic heterocycles. The summed E-state index contributed by atoms with van der Waals surface area (Å²) >= 11 is 0. The first kappa shape index (κ1) is 13.6. The zero-order valence-electron chi connectivity index (χ0n) is 8.64. The van der Waals surface area contributed by atoms with Gasteiger partial charge < -0.3 is 0 Å². The normalized spacial score (nSPS) is 42.4. The zero-order chi connectivity index (χ0) is 13.0. The van der Waals surface area contributed by atoms with Gasteiger partial charge in [0.25, 0.3) is 0 Å². The average Bonchev–Trinajstić information content (AvgIpc) is 2.11. The van der Waals surface area contributed by atoms with Crippen molar-refractivity contribution >= 4 is 0 Å². The molecule has 1 rings (SSSR count). The van der Waals surface area contributed by atoms with E-state index in [1.165, 1.54) is 0 Å². The van der Waals surface area contributed by atoms with E-state index in [4.69, 9.17) is 0 Å². The molecule has 0 radical (unpaired) electrons. The smallest absolute Gasteiger partial charge is 0.237 e. The Labute approximate surface area is 87.8 Å². The van der Waals surface area contributed by atoms with Crippen LogP contribution in [0.4, 0.5) is 30.7 Å². The summed E-state index contributed by atoms with van der Waals surface area (Å²) in [5.74, 6) is -10.2. The van der Waals surface area contributed by atoms with E-state index in [9.17, 15) is 30.7 Å². The van der Waals surface area contributed by atoms with E-state index in [0.717, 1.165) is 0 Å². The summed E-state index contributed by atoms with van der Waals surface area (Å²) in [5, 5.41) is 0. The fourth-order valence-corrected chi connectivity index (χ4v) is 1.74. The molecule has 7 heteroatoms. The van der Waals surface area contributed by atoms with E-state index in [-0.39, 0.29) is 0 Å². The van der Waals surface area contributed by atoms with Crippen LogP contribution >= 0.6 is 0 Å². The highest BCUT2D eigenvalue weighted by molar-refractivity contribution is 5.12. The molecule has 16 heavy (non-hydrogen) atoms. The summed E-state index contributed by atoms with van der Waals surface area (Å²) in [5.41, 5.74) is -6.66. The number of hydrogen-bond donors (Lipinski definition) is 0. The summed E-state index contributed by atoms with van der Waals surface area (Å²) in [6, 6.07) is 0. The predicted molar refractivity (Wildman–Crippen MR) is 42.8 cm³/mol. The van der Waals surface area contributed by atoms with Crippen molar-refractivity contribution in [1.82, 2.24) is 0 Å². The number of halogens is 7. The molecule has 0 aromatic carbocycles. The van der Waals surface area contributed by atoms with Gasteiger partial charge in [0.15, 0.2) is 5.67 Å². The molecule has 0 bridgehead atoms. The molecule has 1 saturated carbocycles. The monoisotopic (exact) mass is 252 g/mol. The van der Waals surface area contributed by atoms with Gasteiger partial charge in [0.1, 0.15) is 0 Å². The van der Waals surface area contributed by atoms with Crippen molar-refractivity contribution in [2.24, 2.45) is 5.41 Å². The van der Waals surface area contributed by atoms with Gasteiger partial charge in [-0.25, -0.2) is 13.2 Å². The molecule has 1 aliphatic rings. The van der Waals surface area contributed by atoms with E-state index in [1.54, 1.807) is 0 Å². The van der Waals surface area contributed by atoms with Crippen LogP contribution in [-0.4, -0.2) is 23.9 Å². The SMILES string of the molecule is CC1(F)CCC(C)(C(F)F)C(F)(F)C1(F)F. The lowest BCUT2D eigenvalue weighted by molar-refractivity contribution is -0.350. The van der Waals surface area contributed by atoms with Crippen molar-refractivity contribution in [2.75, 3.05) is 0 Å². The Morgan fingerprint density at radius 1 is 0.812 bits per heavy atom. The molecule has 96 valence electrons. The summed E-state index contributed by atoms with van der Waals surface area (Å²) in [6.07, 6.45) is -5.64. The van der Waals surface area contributed by atoms with Gasteiger partial charge >= 0.3 is 11.8 Å². The van der Waals surface area contributed by atoms with E-state index in [2.05, 4.69) is 0 Å². The Morgan fingerprint density at radius 3 is 1.62 bits per heavy atom. The van der Waals surface area contributed by atoms with Crippen LogP contribution in [-0.2, 0) is 0 Å². The molecule has 0 N–H and O–H groups in total. The molecule has 0 saturated heterocycles.